The lowest BCUT2D eigenvalue weighted by molar-refractivity contribution is -0.115. The zero-order valence-corrected chi connectivity index (χ0v) is 12.4. The van der Waals surface area contributed by atoms with Gasteiger partial charge in [-0.15, -0.1) is 0 Å². The number of hydrogen-bond acceptors (Lipinski definition) is 1. The number of rotatable bonds is 3. The number of amides is 1. The van der Waals surface area contributed by atoms with E-state index in [9.17, 15) is 4.79 Å². The molecule has 4 heteroatoms. The Kier molecular flexibility index (Phi) is 3.67. The van der Waals surface area contributed by atoms with Gasteiger partial charge in [-0.2, -0.15) is 0 Å². The van der Waals surface area contributed by atoms with Gasteiger partial charge in [0.05, 0.1) is 6.42 Å². The van der Waals surface area contributed by atoms with Crippen molar-refractivity contribution in [2.24, 2.45) is 0 Å². The predicted octanol–water partition coefficient (Wildman–Crippen LogP) is 4.31. The van der Waals surface area contributed by atoms with Crippen LogP contribution in [0.2, 0.25) is 5.02 Å². The van der Waals surface area contributed by atoms with Gasteiger partial charge in [-0.25, -0.2) is 0 Å². The second-order valence-corrected chi connectivity index (χ2v) is 5.46. The predicted molar refractivity (Wildman–Crippen MR) is 86.8 cm³/mol. The summed E-state index contributed by atoms with van der Waals surface area (Å²) < 4.78 is 0. The topological polar surface area (TPSA) is 44.9 Å². The lowest BCUT2D eigenvalue weighted by atomic mass is 10.1. The van der Waals surface area contributed by atoms with E-state index in [1.54, 1.807) is 6.07 Å². The standard InChI is InChI=1S/C17H15ClN2O/c1-11-6-7-13(9-15(11)18)20-17(21)8-12-10-19-16-5-3-2-4-14(12)16/h2-7,9-10,19H,8H2,1H3,(H,20,21). The fourth-order valence-corrected chi connectivity index (χ4v) is 2.51. The third-order valence-corrected chi connectivity index (χ3v) is 3.89. The average molecular weight is 299 g/mol. The molecule has 1 heterocycles. The molecule has 3 aromatic rings. The van der Waals surface area contributed by atoms with Gasteiger partial charge < -0.3 is 10.3 Å². The first kappa shape index (κ1) is 13.7. The molecule has 0 fully saturated rings. The molecule has 0 saturated carbocycles. The van der Waals surface area contributed by atoms with E-state index in [1.165, 1.54) is 0 Å². The molecular weight excluding hydrogens is 284 g/mol. The Hall–Kier alpha value is -2.26. The molecule has 0 saturated heterocycles. The zero-order valence-electron chi connectivity index (χ0n) is 11.6. The SMILES string of the molecule is Cc1ccc(NC(=O)Cc2c[nH]c3ccccc23)cc1Cl. The van der Waals surface area contributed by atoms with Crippen molar-refractivity contribution in [2.75, 3.05) is 5.32 Å². The number of aromatic nitrogens is 1. The van der Waals surface area contributed by atoms with Crippen molar-refractivity contribution in [3.8, 4) is 0 Å². The molecule has 2 N–H and O–H groups in total. The number of H-pyrrole nitrogens is 1. The van der Waals surface area contributed by atoms with Crippen LogP contribution in [0.25, 0.3) is 10.9 Å². The summed E-state index contributed by atoms with van der Waals surface area (Å²) in [6, 6.07) is 13.5. The summed E-state index contributed by atoms with van der Waals surface area (Å²) in [5, 5.41) is 4.61. The number of aryl methyl sites for hydroxylation is 1. The number of aromatic amines is 1. The summed E-state index contributed by atoms with van der Waals surface area (Å²) in [7, 11) is 0. The summed E-state index contributed by atoms with van der Waals surface area (Å²) >= 11 is 6.06. The van der Waals surface area contributed by atoms with Gasteiger partial charge in [0.1, 0.15) is 0 Å². The van der Waals surface area contributed by atoms with Crippen LogP contribution in [0.15, 0.2) is 48.7 Å². The van der Waals surface area contributed by atoms with E-state index in [1.807, 2.05) is 49.5 Å². The lowest BCUT2D eigenvalue weighted by Gasteiger charge is -2.06. The number of fused-ring (bicyclic) bond motifs is 1. The lowest BCUT2D eigenvalue weighted by Crippen LogP contribution is -2.14. The van der Waals surface area contributed by atoms with E-state index in [-0.39, 0.29) is 5.91 Å². The Morgan fingerprint density at radius 1 is 1.24 bits per heavy atom. The second-order valence-electron chi connectivity index (χ2n) is 5.05. The molecule has 0 atom stereocenters. The summed E-state index contributed by atoms with van der Waals surface area (Å²) in [5.74, 6) is -0.0559. The van der Waals surface area contributed by atoms with Crippen molar-refractivity contribution in [2.45, 2.75) is 13.3 Å². The highest BCUT2D eigenvalue weighted by Crippen LogP contribution is 2.21. The maximum Gasteiger partial charge on any atom is 0.228 e. The Balaban J connectivity index is 1.75. The van der Waals surface area contributed by atoms with Crippen molar-refractivity contribution in [3.63, 3.8) is 0 Å². The van der Waals surface area contributed by atoms with Crippen molar-refractivity contribution in [1.82, 2.24) is 4.98 Å². The van der Waals surface area contributed by atoms with Gasteiger partial charge >= 0.3 is 0 Å². The van der Waals surface area contributed by atoms with Gasteiger partial charge in [0.15, 0.2) is 0 Å². The van der Waals surface area contributed by atoms with E-state index < -0.39 is 0 Å². The number of carbonyl (C=O) groups excluding carboxylic acids is 1. The zero-order chi connectivity index (χ0) is 14.8. The number of anilines is 1. The van der Waals surface area contributed by atoms with Gasteiger partial charge in [0.25, 0.3) is 0 Å². The Morgan fingerprint density at radius 2 is 2.05 bits per heavy atom. The largest absolute Gasteiger partial charge is 0.361 e. The van der Waals surface area contributed by atoms with Crippen molar-refractivity contribution < 1.29 is 4.79 Å². The van der Waals surface area contributed by atoms with Gasteiger partial charge in [-0.05, 0) is 36.2 Å². The van der Waals surface area contributed by atoms with Crippen molar-refractivity contribution >= 4 is 34.1 Å². The Labute approximate surface area is 127 Å². The Bertz CT molecular complexity index is 807. The highest BCUT2D eigenvalue weighted by molar-refractivity contribution is 6.31. The smallest absolute Gasteiger partial charge is 0.228 e. The molecule has 0 radical (unpaired) electrons. The van der Waals surface area contributed by atoms with E-state index in [4.69, 9.17) is 11.6 Å². The monoisotopic (exact) mass is 298 g/mol. The first-order chi connectivity index (χ1) is 10.1. The average Bonchev–Trinajstić information content (AvgIpc) is 2.86. The molecule has 0 spiro atoms. The molecule has 0 aliphatic carbocycles. The van der Waals surface area contributed by atoms with E-state index >= 15 is 0 Å². The number of para-hydroxylation sites is 1. The highest BCUT2D eigenvalue weighted by Gasteiger charge is 2.09. The molecule has 106 valence electrons. The van der Waals surface area contributed by atoms with Crippen LogP contribution in [-0.4, -0.2) is 10.9 Å². The minimum absolute atomic E-state index is 0.0559. The molecule has 0 aliphatic heterocycles. The summed E-state index contributed by atoms with van der Waals surface area (Å²) in [4.78, 5) is 15.3. The molecule has 3 rings (SSSR count). The van der Waals surface area contributed by atoms with Crippen molar-refractivity contribution in [1.29, 1.82) is 0 Å². The number of benzene rings is 2. The molecule has 0 aliphatic rings. The van der Waals surface area contributed by atoms with Gasteiger partial charge in [-0.3, -0.25) is 4.79 Å². The van der Waals surface area contributed by atoms with E-state index in [0.717, 1.165) is 27.7 Å². The van der Waals surface area contributed by atoms with Gasteiger partial charge in [0.2, 0.25) is 5.91 Å². The molecule has 2 aromatic carbocycles. The van der Waals surface area contributed by atoms with Crippen LogP contribution in [-0.2, 0) is 11.2 Å². The Morgan fingerprint density at radius 3 is 2.86 bits per heavy atom. The van der Waals surface area contributed by atoms with Crippen molar-refractivity contribution in [3.05, 3.63) is 64.8 Å². The number of nitrogens with one attached hydrogen (secondary N) is 2. The molecule has 0 unspecified atom stereocenters. The summed E-state index contributed by atoms with van der Waals surface area (Å²) in [6.45, 7) is 1.93. The molecule has 1 aromatic heterocycles. The van der Waals surface area contributed by atoms with Crippen LogP contribution in [0.5, 0.6) is 0 Å². The van der Waals surface area contributed by atoms with Crippen LogP contribution in [0.4, 0.5) is 5.69 Å². The highest BCUT2D eigenvalue weighted by atomic mass is 35.5. The molecule has 1 amide bonds. The minimum Gasteiger partial charge on any atom is -0.361 e. The summed E-state index contributed by atoms with van der Waals surface area (Å²) in [5.41, 5.74) is 3.74. The molecule has 3 nitrogen and oxygen atoms in total. The van der Waals surface area contributed by atoms with Gasteiger partial charge in [0, 0.05) is 27.8 Å². The number of halogens is 1. The first-order valence-electron chi connectivity index (χ1n) is 6.74. The fourth-order valence-electron chi connectivity index (χ4n) is 2.33. The maximum atomic E-state index is 12.2. The number of hydrogen-bond donors (Lipinski definition) is 2. The van der Waals surface area contributed by atoms with Crippen LogP contribution in [0.1, 0.15) is 11.1 Å². The van der Waals surface area contributed by atoms with Crippen LogP contribution in [0, 0.1) is 6.92 Å². The van der Waals surface area contributed by atoms with Crippen LogP contribution < -0.4 is 5.32 Å². The first-order valence-corrected chi connectivity index (χ1v) is 7.12. The molecular formula is C17H15ClN2O. The van der Waals surface area contributed by atoms with Crippen LogP contribution in [0.3, 0.4) is 0 Å². The second kappa shape index (κ2) is 5.62. The van der Waals surface area contributed by atoms with Gasteiger partial charge in [-0.1, -0.05) is 35.9 Å². The molecule has 0 bridgehead atoms. The maximum absolute atomic E-state index is 12.2. The normalized spacial score (nSPS) is 10.8. The summed E-state index contributed by atoms with van der Waals surface area (Å²) in [6.07, 6.45) is 2.21. The molecule has 21 heavy (non-hydrogen) atoms. The third-order valence-electron chi connectivity index (χ3n) is 3.48. The van der Waals surface area contributed by atoms with E-state index in [0.29, 0.717) is 11.4 Å². The quantitative estimate of drug-likeness (QED) is 0.743. The van der Waals surface area contributed by atoms with E-state index in [2.05, 4.69) is 10.3 Å². The van der Waals surface area contributed by atoms with Crippen LogP contribution >= 0.6 is 11.6 Å². The number of carbonyl (C=O) groups is 1. The minimum atomic E-state index is -0.0559. The third kappa shape index (κ3) is 2.93. The fraction of sp³-hybridized carbons (Fsp3) is 0.118.